The molecule has 3 rings (SSSR count). The van der Waals surface area contributed by atoms with Crippen molar-refractivity contribution in [3.05, 3.63) is 82.7 Å². The Morgan fingerprint density at radius 2 is 1.97 bits per heavy atom. The molecule has 13 heteroatoms. The molecule has 0 fully saturated rings. The van der Waals surface area contributed by atoms with Crippen LogP contribution in [0.1, 0.15) is 11.4 Å². The van der Waals surface area contributed by atoms with Gasteiger partial charge in [-0.25, -0.2) is 0 Å². The molecule has 0 radical (unpaired) electrons. The highest BCUT2D eigenvalue weighted by atomic mass is 32.2. The number of nitro groups is 1. The van der Waals surface area contributed by atoms with Gasteiger partial charge in [0.05, 0.1) is 16.2 Å². The SMILES string of the molecule is C=CCn1c(COc2cccc(C(F)(F)F)c2)nnc1SCC(=O)Nc1ccc([N+](=O)[O-])cc1. The fraction of sp³-hybridized carbons (Fsp3) is 0.190. The van der Waals surface area contributed by atoms with Crippen molar-refractivity contribution in [2.45, 2.75) is 24.5 Å². The maximum Gasteiger partial charge on any atom is 0.416 e. The van der Waals surface area contributed by atoms with Gasteiger partial charge >= 0.3 is 6.18 Å². The summed E-state index contributed by atoms with van der Waals surface area (Å²) in [5, 5.41) is 21.8. The first-order valence-electron chi connectivity index (χ1n) is 9.67. The van der Waals surface area contributed by atoms with Crippen LogP contribution in [-0.4, -0.2) is 31.3 Å². The number of allylic oxidation sites excluding steroid dienone is 1. The number of non-ortho nitro benzene ring substituents is 1. The van der Waals surface area contributed by atoms with Crippen LogP contribution >= 0.6 is 11.8 Å². The molecule has 178 valence electrons. The van der Waals surface area contributed by atoms with Crippen molar-refractivity contribution in [1.29, 1.82) is 0 Å². The van der Waals surface area contributed by atoms with Crippen LogP contribution in [0.3, 0.4) is 0 Å². The fourth-order valence-corrected chi connectivity index (χ4v) is 3.52. The van der Waals surface area contributed by atoms with E-state index in [-0.39, 0.29) is 29.7 Å². The second-order valence-corrected chi connectivity index (χ2v) is 7.70. The summed E-state index contributed by atoms with van der Waals surface area (Å²) in [6.45, 7) is 3.82. The Labute approximate surface area is 195 Å². The number of rotatable bonds is 10. The van der Waals surface area contributed by atoms with Crippen molar-refractivity contribution in [2.75, 3.05) is 11.1 Å². The summed E-state index contributed by atoms with van der Waals surface area (Å²) >= 11 is 1.09. The number of aromatic nitrogens is 3. The lowest BCUT2D eigenvalue weighted by molar-refractivity contribution is -0.384. The number of ether oxygens (including phenoxy) is 1. The number of nitro benzene ring substituents is 1. The number of carbonyl (C=O) groups excluding carboxylic acids is 1. The number of alkyl halides is 3. The molecule has 0 saturated heterocycles. The highest BCUT2D eigenvalue weighted by Gasteiger charge is 2.30. The molecular formula is C21H18F3N5O4S. The molecule has 0 aliphatic carbocycles. The highest BCUT2D eigenvalue weighted by Crippen LogP contribution is 2.31. The second-order valence-electron chi connectivity index (χ2n) is 6.75. The number of benzene rings is 2. The minimum Gasteiger partial charge on any atom is -0.486 e. The summed E-state index contributed by atoms with van der Waals surface area (Å²) in [7, 11) is 0. The third kappa shape index (κ3) is 6.57. The second kappa shape index (κ2) is 10.8. The zero-order valence-electron chi connectivity index (χ0n) is 17.5. The predicted octanol–water partition coefficient (Wildman–Crippen LogP) is 4.70. The molecule has 1 heterocycles. The average Bonchev–Trinajstić information content (AvgIpc) is 3.18. The number of hydrogen-bond acceptors (Lipinski definition) is 7. The summed E-state index contributed by atoms with van der Waals surface area (Å²) in [6, 6.07) is 9.89. The number of anilines is 1. The Hall–Kier alpha value is -3.87. The molecule has 0 atom stereocenters. The molecule has 0 saturated carbocycles. The topological polar surface area (TPSA) is 112 Å². The average molecular weight is 493 g/mol. The van der Waals surface area contributed by atoms with Crippen molar-refractivity contribution >= 4 is 29.0 Å². The lowest BCUT2D eigenvalue weighted by Gasteiger charge is -2.11. The van der Waals surface area contributed by atoms with Crippen LogP contribution in [0.5, 0.6) is 5.75 Å². The van der Waals surface area contributed by atoms with Crippen molar-refractivity contribution in [3.8, 4) is 5.75 Å². The molecule has 0 bridgehead atoms. The molecule has 9 nitrogen and oxygen atoms in total. The van der Waals surface area contributed by atoms with E-state index in [0.29, 0.717) is 23.2 Å². The zero-order valence-corrected chi connectivity index (χ0v) is 18.3. The maximum absolute atomic E-state index is 12.9. The molecule has 1 aromatic heterocycles. The summed E-state index contributed by atoms with van der Waals surface area (Å²) in [6.07, 6.45) is -2.90. The molecule has 34 heavy (non-hydrogen) atoms. The number of nitrogens with one attached hydrogen (secondary N) is 1. The van der Waals surface area contributed by atoms with Crippen molar-refractivity contribution < 1.29 is 27.6 Å². The number of hydrogen-bond donors (Lipinski definition) is 1. The Kier molecular flexibility index (Phi) is 7.89. The normalized spacial score (nSPS) is 11.1. The van der Waals surface area contributed by atoms with Crippen LogP contribution in [0, 0.1) is 10.1 Å². The Balaban J connectivity index is 1.61. The van der Waals surface area contributed by atoms with E-state index in [9.17, 15) is 28.1 Å². The van der Waals surface area contributed by atoms with E-state index >= 15 is 0 Å². The summed E-state index contributed by atoms with van der Waals surface area (Å²) in [5.41, 5.74) is -0.517. The van der Waals surface area contributed by atoms with E-state index in [2.05, 4.69) is 22.1 Å². The van der Waals surface area contributed by atoms with E-state index in [4.69, 9.17) is 4.74 Å². The van der Waals surface area contributed by atoms with Gasteiger partial charge in [-0.15, -0.1) is 16.8 Å². The molecule has 2 aromatic carbocycles. The summed E-state index contributed by atoms with van der Waals surface area (Å²) in [4.78, 5) is 22.4. The zero-order chi connectivity index (χ0) is 24.7. The van der Waals surface area contributed by atoms with Gasteiger partial charge in [0.2, 0.25) is 5.91 Å². The predicted molar refractivity (Wildman–Crippen MR) is 118 cm³/mol. The van der Waals surface area contributed by atoms with Gasteiger partial charge in [-0.3, -0.25) is 19.5 Å². The molecule has 0 unspecified atom stereocenters. The minimum absolute atomic E-state index is 0.0270. The van der Waals surface area contributed by atoms with E-state index < -0.39 is 16.7 Å². The standard InChI is InChI=1S/C21H18F3N5O4S/c1-2-10-28-18(12-33-17-5-3-4-14(11-17)21(22,23)24)26-27-20(28)34-13-19(30)25-15-6-8-16(9-7-15)29(31)32/h2-9,11H,1,10,12-13H2,(H,25,30). The van der Waals surface area contributed by atoms with Gasteiger partial charge in [-0.1, -0.05) is 23.9 Å². The molecule has 1 amide bonds. The Morgan fingerprint density at radius 1 is 1.24 bits per heavy atom. The largest absolute Gasteiger partial charge is 0.486 e. The van der Waals surface area contributed by atoms with Crippen molar-refractivity contribution in [3.63, 3.8) is 0 Å². The molecule has 3 aromatic rings. The number of nitrogens with zero attached hydrogens (tertiary/aromatic N) is 4. The summed E-state index contributed by atoms with van der Waals surface area (Å²) < 4.78 is 45.7. The Morgan fingerprint density at radius 3 is 2.62 bits per heavy atom. The lowest BCUT2D eigenvalue weighted by Crippen LogP contribution is -2.15. The van der Waals surface area contributed by atoms with E-state index in [0.717, 1.165) is 23.9 Å². The molecular weight excluding hydrogens is 475 g/mol. The first kappa shape index (κ1) is 24.8. The number of amides is 1. The van der Waals surface area contributed by atoms with Gasteiger partial charge in [0.25, 0.3) is 5.69 Å². The van der Waals surface area contributed by atoms with Crippen LogP contribution in [0.4, 0.5) is 24.5 Å². The van der Waals surface area contributed by atoms with E-state index in [1.54, 1.807) is 10.6 Å². The van der Waals surface area contributed by atoms with Gasteiger partial charge in [0, 0.05) is 24.4 Å². The maximum atomic E-state index is 12.9. The molecule has 0 aliphatic rings. The first-order valence-corrected chi connectivity index (χ1v) is 10.7. The van der Waals surface area contributed by atoms with Gasteiger partial charge in [-0.2, -0.15) is 13.2 Å². The van der Waals surface area contributed by atoms with Crippen LogP contribution in [0.25, 0.3) is 0 Å². The van der Waals surface area contributed by atoms with Crippen LogP contribution in [-0.2, 0) is 24.1 Å². The molecule has 0 aliphatic heterocycles. The van der Waals surface area contributed by atoms with Gasteiger partial charge in [0.15, 0.2) is 11.0 Å². The van der Waals surface area contributed by atoms with E-state index in [1.807, 2.05) is 0 Å². The van der Waals surface area contributed by atoms with Gasteiger partial charge < -0.3 is 10.1 Å². The van der Waals surface area contributed by atoms with Crippen LogP contribution < -0.4 is 10.1 Å². The third-order valence-electron chi connectivity index (χ3n) is 4.33. The van der Waals surface area contributed by atoms with Crippen LogP contribution in [0.15, 0.2) is 66.3 Å². The lowest BCUT2D eigenvalue weighted by atomic mass is 10.2. The van der Waals surface area contributed by atoms with Gasteiger partial charge in [0.1, 0.15) is 12.4 Å². The number of thioether (sulfide) groups is 1. The molecule has 1 N–H and O–H groups in total. The Bertz CT molecular complexity index is 1180. The fourth-order valence-electron chi connectivity index (χ4n) is 2.75. The van der Waals surface area contributed by atoms with E-state index in [1.165, 1.54) is 36.4 Å². The number of halogens is 3. The first-order chi connectivity index (χ1) is 16.2. The number of carbonyl (C=O) groups is 1. The monoisotopic (exact) mass is 493 g/mol. The third-order valence-corrected chi connectivity index (χ3v) is 5.30. The van der Waals surface area contributed by atoms with Crippen molar-refractivity contribution in [1.82, 2.24) is 14.8 Å². The van der Waals surface area contributed by atoms with Crippen molar-refractivity contribution in [2.24, 2.45) is 0 Å². The molecule has 0 spiro atoms. The smallest absolute Gasteiger partial charge is 0.416 e. The highest BCUT2D eigenvalue weighted by molar-refractivity contribution is 7.99. The summed E-state index contributed by atoms with van der Waals surface area (Å²) in [5.74, 6) is -0.0233. The van der Waals surface area contributed by atoms with Crippen LogP contribution in [0.2, 0.25) is 0 Å². The minimum atomic E-state index is -4.49. The van der Waals surface area contributed by atoms with Gasteiger partial charge in [-0.05, 0) is 30.3 Å². The quantitative estimate of drug-likeness (QED) is 0.189.